The van der Waals surface area contributed by atoms with Gasteiger partial charge in [-0.05, 0) is 30.5 Å². The summed E-state index contributed by atoms with van der Waals surface area (Å²) in [5.41, 5.74) is 2.02. The lowest BCUT2D eigenvalue weighted by Gasteiger charge is -2.13. The van der Waals surface area contributed by atoms with E-state index in [1.54, 1.807) is 11.3 Å². The second-order valence-electron chi connectivity index (χ2n) is 6.13. The van der Waals surface area contributed by atoms with E-state index in [0.717, 1.165) is 34.2 Å². The Morgan fingerprint density at radius 1 is 1.30 bits per heavy atom. The molecule has 23 heavy (non-hydrogen) atoms. The Balaban J connectivity index is 1.56. The smallest absolute Gasteiger partial charge is 0.231 e. The van der Waals surface area contributed by atoms with Crippen LogP contribution in [0.3, 0.4) is 0 Å². The fourth-order valence-electron chi connectivity index (χ4n) is 2.54. The molecule has 1 aromatic carbocycles. The van der Waals surface area contributed by atoms with Crippen molar-refractivity contribution in [2.75, 3.05) is 13.3 Å². The van der Waals surface area contributed by atoms with E-state index in [2.05, 4.69) is 24.1 Å². The van der Waals surface area contributed by atoms with Gasteiger partial charge in [-0.2, -0.15) is 0 Å². The number of aliphatic hydroxyl groups excluding tert-OH is 1. The van der Waals surface area contributed by atoms with Crippen LogP contribution in [0.5, 0.6) is 11.5 Å². The highest BCUT2D eigenvalue weighted by atomic mass is 32.1. The number of hydrogen-bond acceptors (Lipinski definition) is 6. The second-order valence-corrected chi connectivity index (χ2v) is 6.98. The molecule has 1 aliphatic heterocycles. The number of thiazole rings is 1. The third-order valence-electron chi connectivity index (χ3n) is 3.60. The Kier molecular flexibility index (Phi) is 5.15. The summed E-state index contributed by atoms with van der Waals surface area (Å²) in [6.07, 6.45) is 0.508. The number of benzene rings is 1. The van der Waals surface area contributed by atoms with Gasteiger partial charge < -0.3 is 19.9 Å². The van der Waals surface area contributed by atoms with Crippen LogP contribution in [-0.2, 0) is 6.54 Å². The highest BCUT2D eigenvalue weighted by Crippen LogP contribution is 2.36. The molecule has 1 aromatic heterocycles. The van der Waals surface area contributed by atoms with Gasteiger partial charge in [0.25, 0.3) is 0 Å². The summed E-state index contributed by atoms with van der Waals surface area (Å²) in [6, 6.07) is 5.87. The van der Waals surface area contributed by atoms with Gasteiger partial charge in [0.2, 0.25) is 6.79 Å². The quantitative estimate of drug-likeness (QED) is 0.815. The maximum Gasteiger partial charge on any atom is 0.231 e. The van der Waals surface area contributed by atoms with E-state index in [1.165, 1.54) is 0 Å². The maximum atomic E-state index is 9.86. The SMILES string of the molecule is CC(C)CC(O)CNCc1csc(-c2ccc3c(c2)OCO3)n1. The van der Waals surface area contributed by atoms with E-state index < -0.39 is 0 Å². The zero-order valence-corrected chi connectivity index (χ0v) is 14.2. The molecule has 0 bridgehead atoms. The van der Waals surface area contributed by atoms with Crippen LogP contribution >= 0.6 is 11.3 Å². The van der Waals surface area contributed by atoms with Gasteiger partial charge in [0.15, 0.2) is 11.5 Å². The Bertz CT molecular complexity index is 657. The van der Waals surface area contributed by atoms with Gasteiger partial charge in [-0.15, -0.1) is 11.3 Å². The third-order valence-corrected chi connectivity index (χ3v) is 4.54. The van der Waals surface area contributed by atoms with E-state index in [1.807, 2.05) is 23.6 Å². The molecule has 0 aliphatic carbocycles. The zero-order chi connectivity index (χ0) is 16.2. The van der Waals surface area contributed by atoms with Crippen molar-refractivity contribution < 1.29 is 14.6 Å². The lowest BCUT2D eigenvalue weighted by molar-refractivity contribution is 0.146. The topological polar surface area (TPSA) is 63.6 Å². The van der Waals surface area contributed by atoms with Crippen LogP contribution in [0, 0.1) is 5.92 Å². The molecule has 3 rings (SSSR count). The van der Waals surface area contributed by atoms with E-state index in [9.17, 15) is 5.11 Å². The van der Waals surface area contributed by atoms with Gasteiger partial charge in [0, 0.05) is 24.0 Å². The average Bonchev–Trinajstić information content (AvgIpc) is 3.14. The third kappa shape index (κ3) is 4.22. The average molecular weight is 334 g/mol. The molecule has 0 saturated carbocycles. The minimum Gasteiger partial charge on any atom is -0.454 e. The van der Waals surface area contributed by atoms with Gasteiger partial charge in [-0.1, -0.05) is 13.8 Å². The number of nitrogens with one attached hydrogen (secondary N) is 1. The molecule has 0 spiro atoms. The Morgan fingerprint density at radius 3 is 2.96 bits per heavy atom. The maximum absolute atomic E-state index is 9.86. The van der Waals surface area contributed by atoms with Crippen LogP contribution in [0.4, 0.5) is 0 Å². The molecule has 1 unspecified atom stereocenters. The van der Waals surface area contributed by atoms with Crippen molar-refractivity contribution in [2.24, 2.45) is 5.92 Å². The lowest BCUT2D eigenvalue weighted by Crippen LogP contribution is -2.27. The first-order valence-corrected chi connectivity index (χ1v) is 8.73. The zero-order valence-electron chi connectivity index (χ0n) is 13.4. The molecule has 0 saturated heterocycles. The first kappa shape index (κ1) is 16.2. The molecule has 1 atom stereocenters. The van der Waals surface area contributed by atoms with Gasteiger partial charge in [-0.3, -0.25) is 0 Å². The monoisotopic (exact) mass is 334 g/mol. The molecule has 1 aliphatic rings. The van der Waals surface area contributed by atoms with Crippen LogP contribution in [0.15, 0.2) is 23.6 Å². The van der Waals surface area contributed by atoms with Gasteiger partial charge in [0.1, 0.15) is 5.01 Å². The standard InChI is InChI=1S/C17H22N2O3S/c1-11(2)5-14(20)8-18-7-13-9-23-17(19-13)12-3-4-15-16(6-12)22-10-21-15/h3-4,6,9,11,14,18,20H,5,7-8,10H2,1-2H3. The van der Waals surface area contributed by atoms with Crippen LogP contribution < -0.4 is 14.8 Å². The summed E-state index contributed by atoms with van der Waals surface area (Å²) < 4.78 is 10.7. The summed E-state index contributed by atoms with van der Waals surface area (Å²) in [7, 11) is 0. The van der Waals surface area contributed by atoms with Crippen LogP contribution in [0.2, 0.25) is 0 Å². The Hall–Kier alpha value is -1.63. The number of rotatable bonds is 7. The van der Waals surface area contributed by atoms with Gasteiger partial charge in [0.05, 0.1) is 11.8 Å². The van der Waals surface area contributed by atoms with Crippen molar-refractivity contribution >= 4 is 11.3 Å². The summed E-state index contributed by atoms with van der Waals surface area (Å²) in [5, 5.41) is 16.1. The summed E-state index contributed by atoms with van der Waals surface area (Å²) >= 11 is 1.61. The van der Waals surface area contributed by atoms with E-state index in [-0.39, 0.29) is 12.9 Å². The normalized spacial score (nSPS) is 14.4. The number of hydrogen-bond donors (Lipinski definition) is 2. The predicted molar refractivity (Wildman–Crippen MR) is 90.8 cm³/mol. The molecule has 0 radical (unpaired) electrons. The molecule has 0 fully saturated rings. The van der Waals surface area contributed by atoms with Gasteiger partial charge >= 0.3 is 0 Å². The number of aliphatic hydroxyl groups is 1. The number of ether oxygens (including phenoxy) is 2. The van der Waals surface area contributed by atoms with Crippen molar-refractivity contribution in [3.05, 3.63) is 29.3 Å². The van der Waals surface area contributed by atoms with Crippen LogP contribution in [-0.4, -0.2) is 29.5 Å². The molecule has 2 heterocycles. The highest BCUT2D eigenvalue weighted by Gasteiger charge is 2.15. The van der Waals surface area contributed by atoms with Gasteiger partial charge in [-0.25, -0.2) is 4.98 Å². The Morgan fingerprint density at radius 2 is 2.13 bits per heavy atom. The largest absolute Gasteiger partial charge is 0.454 e. The minimum atomic E-state index is -0.304. The van der Waals surface area contributed by atoms with Crippen molar-refractivity contribution in [1.82, 2.24) is 10.3 Å². The van der Waals surface area contributed by atoms with Crippen LogP contribution in [0.1, 0.15) is 26.0 Å². The molecule has 0 amide bonds. The summed E-state index contributed by atoms with van der Waals surface area (Å²) in [5.74, 6) is 2.06. The number of aromatic nitrogens is 1. The number of fused-ring (bicyclic) bond motifs is 1. The fourth-order valence-corrected chi connectivity index (χ4v) is 3.36. The molecule has 2 N–H and O–H groups in total. The van der Waals surface area contributed by atoms with E-state index >= 15 is 0 Å². The summed E-state index contributed by atoms with van der Waals surface area (Å²) in [6.45, 7) is 5.76. The van der Waals surface area contributed by atoms with Crippen molar-refractivity contribution in [3.63, 3.8) is 0 Å². The molecular formula is C17H22N2O3S. The first-order chi connectivity index (χ1) is 11.1. The molecule has 124 valence electrons. The Labute approximate surface area is 140 Å². The highest BCUT2D eigenvalue weighted by molar-refractivity contribution is 7.13. The second kappa shape index (κ2) is 7.29. The molecular weight excluding hydrogens is 312 g/mol. The van der Waals surface area contributed by atoms with Crippen molar-refractivity contribution in [1.29, 1.82) is 0 Å². The predicted octanol–water partition coefficient (Wildman–Crippen LogP) is 3.04. The molecule has 2 aromatic rings. The first-order valence-electron chi connectivity index (χ1n) is 7.85. The fraction of sp³-hybridized carbons (Fsp3) is 0.471. The number of nitrogens with zero attached hydrogens (tertiary/aromatic N) is 1. The summed E-state index contributed by atoms with van der Waals surface area (Å²) in [4.78, 5) is 4.64. The molecule has 5 nitrogen and oxygen atoms in total. The van der Waals surface area contributed by atoms with Crippen molar-refractivity contribution in [3.8, 4) is 22.1 Å². The lowest BCUT2D eigenvalue weighted by atomic mass is 10.1. The minimum absolute atomic E-state index is 0.282. The van der Waals surface area contributed by atoms with E-state index in [0.29, 0.717) is 19.0 Å². The van der Waals surface area contributed by atoms with E-state index in [4.69, 9.17) is 9.47 Å². The molecule has 6 heteroatoms. The van der Waals surface area contributed by atoms with Crippen molar-refractivity contribution in [2.45, 2.75) is 32.9 Å². The van der Waals surface area contributed by atoms with Crippen LogP contribution in [0.25, 0.3) is 10.6 Å².